The average Bonchev–Trinajstić information content (AvgIpc) is 2.77. The molecule has 1 N–H and O–H groups in total. The Morgan fingerprint density at radius 1 is 1.36 bits per heavy atom. The Labute approximate surface area is 124 Å². The number of hydrogen-bond donors (Lipinski definition) is 1. The molecule has 0 spiro atoms. The van der Waals surface area contributed by atoms with Crippen LogP contribution >= 0.6 is 0 Å². The van der Waals surface area contributed by atoms with E-state index in [9.17, 15) is 27.5 Å². The Kier molecular flexibility index (Phi) is 4.23. The summed E-state index contributed by atoms with van der Waals surface area (Å²) in [7, 11) is 0. The molecule has 1 heterocycles. The molecule has 0 saturated heterocycles. The molecular weight excluding hydrogens is 304 g/mol. The SMILES string of the molecule is CCCC1=NN(C(=O)c2ccc(F)cc2)[C@@](O)(C(F)(F)F)C1. The highest BCUT2D eigenvalue weighted by Gasteiger charge is 2.63. The highest BCUT2D eigenvalue weighted by atomic mass is 19.4. The summed E-state index contributed by atoms with van der Waals surface area (Å²) in [6.07, 6.45) is -5.06. The minimum Gasteiger partial charge on any atom is -0.362 e. The molecule has 1 amide bonds. The second-order valence-corrected chi connectivity index (χ2v) is 5.03. The molecule has 120 valence electrons. The van der Waals surface area contributed by atoms with Crippen LogP contribution in [0.4, 0.5) is 17.6 Å². The van der Waals surface area contributed by atoms with Gasteiger partial charge in [0.2, 0.25) is 0 Å². The van der Waals surface area contributed by atoms with Crippen molar-refractivity contribution >= 4 is 11.6 Å². The summed E-state index contributed by atoms with van der Waals surface area (Å²) < 4.78 is 52.4. The normalized spacial score (nSPS) is 21.9. The van der Waals surface area contributed by atoms with Gasteiger partial charge in [-0.2, -0.15) is 23.3 Å². The smallest absolute Gasteiger partial charge is 0.362 e. The number of carbonyl (C=O) groups is 1. The third-order valence-corrected chi connectivity index (χ3v) is 3.32. The first-order valence-electron chi connectivity index (χ1n) is 6.64. The molecule has 4 nitrogen and oxygen atoms in total. The Bertz CT molecular complexity index is 598. The fourth-order valence-corrected chi connectivity index (χ4v) is 2.19. The van der Waals surface area contributed by atoms with E-state index in [1.54, 1.807) is 6.92 Å². The van der Waals surface area contributed by atoms with Crippen molar-refractivity contribution in [2.75, 3.05) is 0 Å². The van der Waals surface area contributed by atoms with Crippen molar-refractivity contribution in [2.45, 2.75) is 38.1 Å². The first-order valence-corrected chi connectivity index (χ1v) is 6.64. The van der Waals surface area contributed by atoms with E-state index in [0.29, 0.717) is 6.42 Å². The van der Waals surface area contributed by atoms with Crippen molar-refractivity contribution in [2.24, 2.45) is 5.10 Å². The lowest BCUT2D eigenvalue weighted by atomic mass is 10.0. The fourth-order valence-electron chi connectivity index (χ4n) is 2.19. The van der Waals surface area contributed by atoms with Gasteiger partial charge in [0, 0.05) is 17.7 Å². The lowest BCUT2D eigenvalue weighted by molar-refractivity contribution is -0.297. The molecule has 0 bridgehead atoms. The van der Waals surface area contributed by atoms with E-state index in [0.717, 1.165) is 24.3 Å². The molecule has 1 aromatic carbocycles. The predicted octanol–water partition coefficient (Wildman–Crippen LogP) is 3.08. The zero-order chi connectivity index (χ0) is 16.5. The predicted molar refractivity (Wildman–Crippen MR) is 70.5 cm³/mol. The number of carbonyl (C=O) groups excluding carboxylic acids is 1. The van der Waals surface area contributed by atoms with Crippen LogP contribution < -0.4 is 0 Å². The highest BCUT2D eigenvalue weighted by Crippen LogP contribution is 2.41. The molecule has 0 radical (unpaired) electrons. The molecule has 0 unspecified atom stereocenters. The summed E-state index contributed by atoms with van der Waals surface area (Å²) in [5, 5.41) is 13.6. The largest absolute Gasteiger partial charge is 0.438 e. The molecule has 2 rings (SSSR count). The van der Waals surface area contributed by atoms with Gasteiger partial charge in [-0.15, -0.1) is 0 Å². The Balaban J connectivity index is 2.39. The summed E-state index contributed by atoms with van der Waals surface area (Å²) in [6.45, 7) is 1.75. The van der Waals surface area contributed by atoms with Crippen LogP contribution in [0, 0.1) is 5.82 Å². The topological polar surface area (TPSA) is 52.9 Å². The Morgan fingerprint density at radius 2 is 1.95 bits per heavy atom. The van der Waals surface area contributed by atoms with Gasteiger partial charge < -0.3 is 5.11 Å². The number of halogens is 4. The molecule has 0 aliphatic carbocycles. The first kappa shape index (κ1) is 16.4. The lowest BCUT2D eigenvalue weighted by Crippen LogP contribution is -2.56. The molecule has 22 heavy (non-hydrogen) atoms. The minimum absolute atomic E-state index is 0.0469. The van der Waals surface area contributed by atoms with Crippen molar-refractivity contribution < 1.29 is 27.5 Å². The quantitative estimate of drug-likeness (QED) is 0.871. The van der Waals surface area contributed by atoms with Gasteiger partial charge in [0.05, 0.1) is 0 Å². The van der Waals surface area contributed by atoms with E-state index in [4.69, 9.17) is 0 Å². The summed E-state index contributed by atoms with van der Waals surface area (Å²) in [4.78, 5) is 12.2. The van der Waals surface area contributed by atoms with Crippen molar-refractivity contribution in [1.29, 1.82) is 0 Å². The van der Waals surface area contributed by atoms with Gasteiger partial charge in [-0.25, -0.2) is 4.39 Å². The van der Waals surface area contributed by atoms with Gasteiger partial charge in [0.15, 0.2) is 0 Å². The van der Waals surface area contributed by atoms with E-state index in [2.05, 4.69) is 5.10 Å². The standard InChI is InChI=1S/C14H14F4N2O2/c1-2-3-11-8-13(22,14(16,17)18)20(19-11)12(21)9-4-6-10(15)7-5-9/h4-7,22H,2-3,8H2,1H3/t13-/m0/s1. The van der Waals surface area contributed by atoms with Crippen LogP contribution in [0.2, 0.25) is 0 Å². The number of alkyl halides is 3. The molecule has 1 aliphatic rings. The number of hydrazone groups is 1. The Morgan fingerprint density at radius 3 is 2.45 bits per heavy atom. The maximum Gasteiger partial charge on any atom is 0.438 e. The second kappa shape index (κ2) is 5.68. The molecule has 1 aliphatic heterocycles. The molecule has 0 aromatic heterocycles. The van der Waals surface area contributed by atoms with Crippen LogP contribution in [-0.4, -0.2) is 33.6 Å². The number of benzene rings is 1. The van der Waals surface area contributed by atoms with Gasteiger partial charge in [-0.3, -0.25) is 4.79 Å². The van der Waals surface area contributed by atoms with Crippen molar-refractivity contribution in [3.63, 3.8) is 0 Å². The zero-order valence-electron chi connectivity index (χ0n) is 11.7. The number of nitrogens with zero attached hydrogens (tertiary/aromatic N) is 2. The van der Waals surface area contributed by atoms with Gasteiger partial charge in [-0.05, 0) is 30.7 Å². The molecule has 1 aromatic rings. The zero-order valence-corrected chi connectivity index (χ0v) is 11.7. The average molecular weight is 318 g/mol. The number of hydrogen-bond acceptors (Lipinski definition) is 3. The van der Waals surface area contributed by atoms with Crippen LogP contribution in [0.3, 0.4) is 0 Å². The van der Waals surface area contributed by atoms with Gasteiger partial charge in [0.1, 0.15) is 5.82 Å². The third-order valence-electron chi connectivity index (χ3n) is 3.32. The van der Waals surface area contributed by atoms with Crippen LogP contribution in [0.25, 0.3) is 0 Å². The van der Waals surface area contributed by atoms with E-state index in [1.807, 2.05) is 0 Å². The minimum atomic E-state index is -5.05. The maximum atomic E-state index is 13.2. The van der Waals surface area contributed by atoms with E-state index in [-0.39, 0.29) is 22.7 Å². The maximum absolute atomic E-state index is 13.2. The highest BCUT2D eigenvalue weighted by molar-refractivity contribution is 5.98. The summed E-state index contributed by atoms with van der Waals surface area (Å²) in [5.74, 6) is -1.76. The van der Waals surface area contributed by atoms with Crippen LogP contribution in [-0.2, 0) is 0 Å². The summed E-state index contributed by atoms with van der Waals surface area (Å²) in [5.41, 5.74) is -3.47. The second-order valence-electron chi connectivity index (χ2n) is 5.03. The van der Waals surface area contributed by atoms with Crippen LogP contribution in [0.1, 0.15) is 36.5 Å². The van der Waals surface area contributed by atoms with Crippen molar-refractivity contribution in [1.82, 2.24) is 5.01 Å². The summed E-state index contributed by atoms with van der Waals surface area (Å²) in [6, 6.07) is 3.99. The van der Waals surface area contributed by atoms with Crippen molar-refractivity contribution in [3.05, 3.63) is 35.6 Å². The molecule has 0 saturated carbocycles. The van der Waals surface area contributed by atoms with E-state index in [1.165, 1.54) is 0 Å². The fraction of sp³-hybridized carbons (Fsp3) is 0.429. The summed E-state index contributed by atoms with van der Waals surface area (Å²) >= 11 is 0. The van der Waals surface area contributed by atoms with Gasteiger partial charge in [0.25, 0.3) is 11.6 Å². The third kappa shape index (κ3) is 2.83. The molecule has 0 fully saturated rings. The van der Waals surface area contributed by atoms with Crippen LogP contribution in [0.15, 0.2) is 29.4 Å². The van der Waals surface area contributed by atoms with E-state index < -0.39 is 30.0 Å². The van der Waals surface area contributed by atoms with Crippen LogP contribution in [0.5, 0.6) is 0 Å². The van der Waals surface area contributed by atoms with Gasteiger partial charge >= 0.3 is 6.18 Å². The first-order chi connectivity index (χ1) is 10.2. The lowest BCUT2D eigenvalue weighted by Gasteiger charge is -2.32. The molecule has 8 heteroatoms. The number of aliphatic hydroxyl groups is 1. The Hall–Kier alpha value is -1.96. The van der Waals surface area contributed by atoms with Gasteiger partial charge in [-0.1, -0.05) is 13.3 Å². The monoisotopic (exact) mass is 318 g/mol. The number of rotatable bonds is 3. The number of amides is 1. The van der Waals surface area contributed by atoms with Crippen molar-refractivity contribution in [3.8, 4) is 0 Å². The molecule has 1 atom stereocenters. The molecular formula is C14H14F4N2O2. The van der Waals surface area contributed by atoms with E-state index >= 15 is 0 Å².